The van der Waals surface area contributed by atoms with Crippen LogP contribution >= 0.6 is 11.8 Å². The SMILES string of the molecule is CCCCC(=O)NC(CCC[C@@H]1SC[C@@H]2NC(=O)N[C@@H]21)C(=O)O. The number of aliphatic carboxylic acids is 1. The van der Waals surface area contributed by atoms with Crippen molar-refractivity contribution in [2.75, 3.05) is 5.75 Å². The lowest BCUT2D eigenvalue weighted by Crippen LogP contribution is -2.41. The van der Waals surface area contributed by atoms with E-state index >= 15 is 0 Å². The predicted molar refractivity (Wildman–Crippen MR) is 88.4 cm³/mol. The summed E-state index contributed by atoms with van der Waals surface area (Å²) in [5.41, 5.74) is 0. The first-order valence-electron chi connectivity index (χ1n) is 8.22. The number of rotatable bonds is 9. The molecule has 1 unspecified atom stereocenters. The van der Waals surface area contributed by atoms with Gasteiger partial charge in [-0.15, -0.1) is 0 Å². The number of thioether (sulfide) groups is 1. The van der Waals surface area contributed by atoms with Crippen LogP contribution in [0.25, 0.3) is 0 Å². The van der Waals surface area contributed by atoms with E-state index in [2.05, 4.69) is 16.0 Å². The van der Waals surface area contributed by atoms with Crippen molar-refractivity contribution in [3.05, 3.63) is 0 Å². The molecular formula is C15H25N3O4S. The number of hydrogen-bond acceptors (Lipinski definition) is 4. The van der Waals surface area contributed by atoms with Gasteiger partial charge in [0, 0.05) is 17.4 Å². The molecule has 0 aliphatic carbocycles. The van der Waals surface area contributed by atoms with Gasteiger partial charge in [0.1, 0.15) is 6.04 Å². The van der Waals surface area contributed by atoms with Crippen LogP contribution < -0.4 is 16.0 Å². The lowest BCUT2D eigenvalue weighted by Gasteiger charge is -2.18. The number of carbonyl (C=O) groups is 3. The van der Waals surface area contributed by atoms with Gasteiger partial charge in [-0.05, 0) is 25.7 Å². The van der Waals surface area contributed by atoms with E-state index in [1.54, 1.807) is 0 Å². The number of carboxylic acid groups (broad SMARTS) is 1. The fourth-order valence-corrected chi connectivity index (χ4v) is 4.57. The van der Waals surface area contributed by atoms with E-state index < -0.39 is 12.0 Å². The molecule has 4 N–H and O–H groups in total. The quantitative estimate of drug-likeness (QED) is 0.469. The number of urea groups is 1. The Morgan fingerprint density at radius 2 is 2.17 bits per heavy atom. The van der Waals surface area contributed by atoms with Gasteiger partial charge in [0.15, 0.2) is 0 Å². The van der Waals surface area contributed by atoms with Crippen molar-refractivity contribution in [3.63, 3.8) is 0 Å². The average molecular weight is 343 g/mol. The number of amides is 3. The summed E-state index contributed by atoms with van der Waals surface area (Å²) in [5.74, 6) is -0.283. The van der Waals surface area contributed by atoms with E-state index in [1.807, 2.05) is 18.7 Å². The van der Waals surface area contributed by atoms with Crippen LogP contribution in [0, 0.1) is 0 Å². The first kappa shape index (κ1) is 17.9. The summed E-state index contributed by atoms with van der Waals surface area (Å²) in [6, 6.07) is -0.619. The monoisotopic (exact) mass is 343 g/mol. The van der Waals surface area contributed by atoms with E-state index in [4.69, 9.17) is 0 Å². The molecule has 2 heterocycles. The van der Waals surface area contributed by atoms with E-state index in [0.717, 1.165) is 25.0 Å². The number of carboxylic acids is 1. The number of fused-ring (bicyclic) bond motifs is 1. The van der Waals surface area contributed by atoms with Crippen LogP contribution in [0.4, 0.5) is 4.79 Å². The third kappa shape index (κ3) is 5.02. The molecule has 4 atom stereocenters. The minimum Gasteiger partial charge on any atom is -0.480 e. The Bertz CT molecular complexity index is 460. The van der Waals surface area contributed by atoms with E-state index in [0.29, 0.717) is 24.5 Å². The van der Waals surface area contributed by atoms with Crippen molar-refractivity contribution in [3.8, 4) is 0 Å². The Morgan fingerprint density at radius 3 is 2.87 bits per heavy atom. The second-order valence-electron chi connectivity index (χ2n) is 6.11. The Labute approximate surface area is 140 Å². The standard InChI is InChI=1S/C15H25N3O4S/c1-2-3-7-12(19)16-9(14(20)21)5-4-6-11-13-10(8-23-11)17-15(22)18-13/h9-11,13H,2-8H2,1H3,(H,16,19)(H,20,21)(H2,17,18,22)/t9?,10-,11-,13-/m0/s1. The fraction of sp³-hybridized carbons (Fsp3) is 0.800. The number of unbranched alkanes of at least 4 members (excludes halogenated alkanes) is 1. The van der Waals surface area contributed by atoms with Gasteiger partial charge in [0.25, 0.3) is 0 Å². The molecule has 0 aromatic heterocycles. The second-order valence-corrected chi connectivity index (χ2v) is 7.39. The fourth-order valence-electron chi connectivity index (χ4n) is 3.03. The Hall–Kier alpha value is -1.44. The highest BCUT2D eigenvalue weighted by atomic mass is 32.2. The number of nitrogens with one attached hydrogen (secondary N) is 3. The van der Waals surface area contributed by atoms with Crippen LogP contribution in [-0.2, 0) is 9.59 Å². The molecule has 2 fully saturated rings. The predicted octanol–water partition coefficient (Wildman–Crippen LogP) is 1.08. The van der Waals surface area contributed by atoms with Crippen molar-refractivity contribution in [2.24, 2.45) is 0 Å². The summed E-state index contributed by atoms with van der Waals surface area (Å²) < 4.78 is 0. The molecule has 0 bridgehead atoms. The van der Waals surface area contributed by atoms with E-state index in [1.165, 1.54) is 0 Å². The van der Waals surface area contributed by atoms with Gasteiger partial charge >= 0.3 is 12.0 Å². The molecular weight excluding hydrogens is 318 g/mol. The van der Waals surface area contributed by atoms with Crippen LogP contribution in [0.15, 0.2) is 0 Å². The molecule has 130 valence electrons. The highest BCUT2D eigenvalue weighted by Gasteiger charge is 2.42. The molecule has 0 saturated carbocycles. The molecule has 0 aromatic rings. The average Bonchev–Trinajstić information content (AvgIpc) is 3.03. The summed E-state index contributed by atoms with van der Waals surface area (Å²) in [7, 11) is 0. The third-order valence-corrected chi connectivity index (χ3v) is 5.82. The Balaban J connectivity index is 1.73. The van der Waals surface area contributed by atoms with Gasteiger partial charge in [0.05, 0.1) is 12.1 Å². The van der Waals surface area contributed by atoms with Crippen LogP contribution in [0.5, 0.6) is 0 Å². The summed E-state index contributed by atoms with van der Waals surface area (Å²) in [4.78, 5) is 34.3. The summed E-state index contributed by atoms with van der Waals surface area (Å²) >= 11 is 1.81. The van der Waals surface area contributed by atoms with Crippen LogP contribution in [0.3, 0.4) is 0 Å². The molecule has 2 aliphatic rings. The minimum atomic E-state index is -0.984. The van der Waals surface area contributed by atoms with Gasteiger partial charge in [-0.3, -0.25) is 4.79 Å². The lowest BCUT2D eigenvalue weighted by molar-refractivity contribution is -0.142. The van der Waals surface area contributed by atoms with Crippen molar-refractivity contribution < 1.29 is 19.5 Å². The molecule has 2 saturated heterocycles. The van der Waals surface area contributed by atoms with Gasteiger partial charge in [-0.25, -0.2) is 9.59 Å². The van der Waals surface area contributed by atoms with E-state index in [-0.39, 0.29) is 24.0 Å². The van der Waals surface area contributed by atoms with E-state index in [9.17, 15) is 19.5 Å². The molecule has 7 nitrogen and oxygen atoms in total. The molecule has 2 aliphatic heterocycles. The highest BCUT2D eigenvalue weighted by molar-refractivity contribution is 8.00. The van der Waals surface area contributed by atoms with Crippen LogP contribution in [0.2, 0.25) is 0 Å². The van der Waals surface area contributed by atoms with Crippen molar-refractivity contribution in [1.29, 1.82) is 0 Å². The topological polar surface area (TPSA) is 108 Å². The zero-order valence-electron chi connectivity index (χ0n) is 13.3. The third-order valence-electron chi connectivity index (χ3n) is 4.31. The van der Waals surface area contributed by atoms with Crippen molar-refractivity contribution in [2.45, 2.75) is 68.8 Å². The Kier molecular flexibility index (Phi) is 6.56. The van der Waals surface area contributed by atoms with Crippen molar-refractivity contribution in [1.82, 2.24) is 16.0 Å². The summed E-state index contributed by atoms with van der Waals surface area (Å²) in [6.07, 6.45) is 4.02. The molecule has 2 rings (SSSR count). The molecule has 8 heteroatoms. The minimum absolute atomic E-state index is 0.114. The smallest absolute Gasteiger partial charge is 0.326 e. The molecule has 0 aromatic carbocycles. The molecule has 23 heavy (non-hydrogen) atoms. The zero-order valence-corrected chi connectivity index (χ0v) is 14.2. The highest BCUT2D eigenvalue weighted by Crippen LogP contribution is 2.33. The maximum absolute atomic E-state index is 11.7. The molecule has 3 amide bonds. The Morgan fingerprint density at radius 1 is 1.39 bits per heavy atom. The van der Waals surface area contributed by atoms with Gasteiger partial charge in [0.2, 0.25) is 5.91 Å². The number of carbonyl (C=O) groups excluding carboxylic acids is 2. The first-order chi connectivity index (χ1) is 11.0. The summed E-state index contributed by atoms with van der Waals surface area (Å²) in [6.45, 7) is 1.99. The largest absolute Gasteiger partial charge is 0.480 e. The van der Waals surface area contributed by atoms with Crippen molar-refractivity contribution >= 4 is 29.7 Å². The maximum Gasteiger partial charge on any atom is 0.326 e. The maximum atomic E-state index is 11.7. The van der Waals surface area contributed by atoms with Crippen LogP contribution in [0.1, 0.15) is 45.4 Å². The second kappa shape index (κ2) is 8.42. The first-order valence-corrected chi connectivity index (χ1v) is 9.27. The molecule has 0 radical (unpaired) electrons. The van der Waals surface area contributed by atoms with Crippen LogP contribution in [-0.4, -0.2) is 52.1 Å². The van der Waals surface area contributed by atoms with Gasteiger partial charge in [-0.2, -0.15) is 11.8 Å². The number of hydrogen-bond donors (Lipinski definition) is 4. The van der Waals surface area contributed by atoms with Gasteiger partial charge in [-0.1, -0.05) is 13.3 Å². The lowest BCUT2D eigenvalue weighted by atomic mass is 10.0. The van der Waals surface area contributed by atoms with Gasteiger partial charge < -0.3 is 21.1 Å². The summed E-state index contributed by atoms with van der Waals surface area (Å²) in [5, 5.41) is 18.0. The molecule has 0 spiro atoms. The normalized spacial score (nSPS) is 27.0. The zero-order chi connectivity index (χ0) is 16.8.